The van der Waals surface area contributed by atoms with Crippen molar-refractivity contribution in [3.05, 3.63) is 51.8 Å². The van der Waals surface area contributed by atoms with Crippen LogP contribution in [0.25, 0.3) is 0 Å². The van der Waals surface area contributed by atoms with Crippen molar-refractivity contribution in [2.75, 3.05) is 7.05 Å². The molecule has 0 aliphatic heterocycles. The van der Waals surface area contributed by atoms with Crippen molar-refractivity contribution in [2.45, 2.75) is 45.7 Å². The zero-order valence-corrected chi connectivity index (χ0v) is 14.8. The van der Waals surface area contributed by atoms with E-state index in [1.54, 1.807) is 0 Å². The van der Waals surface area contributed by atoms with Crippen molar-refractivity contribution in [1.82, 2.24) is 15.1 Å². The second kappa shape index (κ2) is 7.23. The molecule has 1 unspecified atom stereocenters. The van der Waals surface area contributed by atoms with E-state index in [1.807, 2.05) is 13.2 Å². The van der Waals surface area contributed by atoms with E-state index < -0.39 is 0 Å². The molecule has 1 heterocycles. The minimum absolute atomic E-state index is 0.297. The minimum atomic E-state index is 0.297. The van der Waals surface area contributed by atoms with Gasteiger partial charge >= 0.3 is 0 Å². The smallest absolute Gasteiger partial charge is 0.0698 e. The maximum Gasteiger partial charge on any atom is 0.0698 e. The molecule has 0 radical (unpaired) electrons. The van der Waals surface area contributed by atoms with Crippen LogP contribution in [-0.2, 0) is 6.42 Å². The second-order valence-corrected chi connectivity index (χ2v) is 6.64. The molecule has 0 aliphatic carbocycles. The van der Waals surface area contributed by atoms with Gasteiger partial charge in [-0.15, -0.1) is 0 Å². The third kappa shape index (κ3) is 3.95. The van der Waals surface area contributed by atoms with Gasteiger partial charge in [0, 0.05) is 6.04 Å². The first-order valence-corrected chi connectivity index (χ1v) is 8.28. The highest BCUT2D eigenvalue weighted by molar-refractivity contribution is 9.10. The number of aromatic nitrogens is 2. The van der Waals surface area contributed by atoms with Gasteiger partial charge in [0.05, 0.1) is 22.4 Å². The molecule has 21 heavy (non-hydrogen) atoms. The zero-order chi connectivity index (χ0) is 15.4. The van der Waals surface area contributed by atoms with Gasteiger partial charge in [-0.25, -0.2) is 0 Å². The van der Waals surface area contributed by atoms with Gasteiger partial charge in [0.2, 0.25) is 0 Å². The molecule has 0 saturated heterocycles. The van der Waals surface area contributed by atoms with E-state index in [4.69, 9.17) is 0 Å². The van der Waals surface area contributed by atoms with Crippen molar-refractivity contribution in [1.29, 1.82) is 0 Å². The monoisotopic (exact) mass is 349 g/mol. The highest BCUT2D eigenvalue weighted by Gasteiger charge is 2.20. The molecule has 0 bridgehead atoms. The number of nitrogens with one attached hydrogen (secondary N) is 1. The predicted octanol–water partition coefficient (Wildman–Crippen LogP) is 4.43. The van der Waals surface area contributed by atoms with Crippen LogP contribution in [0.3, 0.4) is 0 Å². The number of rotatable bonds is 6. The molecule has 0 fully saturated rings. The maximum absolute atomic E-state index is 4.48. The van der Waals surface area contributed by atoms with E-state index >= 15 is 0 Å². The summed E-state index contributed by atoms with van der Waals surface area (Å²) >= 11 is 3.64. The molecule has 0 saturated carbocycles. The quantitative estimate of drug-likeness (QED) is 0.835. The van der Waals surface area contributed by atoms with Crippen LogP contribution < -0.4 is 5.32 Å². The summed E-state index contributed by atoms with van der Waals surface area (Å²) in [4.78, 5) is 0. The molecular weight excluding hydrogens is 326 g/mol. The van der Waals surface area contributed by atoms with Gasteiger partial charge in [-0.2, -0.15) is 5.10 Å². The summed E-state index contributed by atoms with van der Waals surface area (Å²) in [6.45, 7) is 6.45. The Kier molecular flexibility index (Phi) is 5.59. The Morgan fingerprint density at radius 1 is 1.24 bits per heavy atom. The molecule has 2 aromatic rings. The summed E-state index contributed by atoms with van der Waals surface area (Å²) in [5, 5.41) is 7.91. The van der Waals surface area contributed by atoms with Crippen molar-refractivity contribution >= 4 is 15.9 Å². The van der Waals surface area contributed by atoms with Gasteiger partial charge in [-0.05, 0) is 62.2 Å². The summed E-state index contributed by atoms with van der Waals surface area (Å²) in [5.74, 6) is 0. The SMILES string of the molecule is CNC(CCc1ccc(C)cc1)c1c(Br)cnn1C(C)C. The average Bonchev–Trinajstić information content (AvgIpc) is 2.84. The molecule has 1 aromatic heterocycles. The Labute approximate surface area is 135 Å². The molecule has 1 atom stereocenters. The first-order valence-electron chi connectivity index (χ1n) is 7.48. The van der Waals surface area contributed by atoms with Gasteiger partial charge in [-0.3, -0.25) is 4.68 Å². The summed E-state index contributed by atoms with van der Waals surface area (Å²) < 4.78 is 3.18. The molecule has 0 spiro atoms. The summed E-state index contributed by atoms with van der Waals surface area (Å²) in [5.41, 5.74) is 3.93. The fourth-order valence-corrected chi connectivity index (χ4v) is 3.12. The fraction of sp³-hybridized carbons (Fsp3) is 0.471. The van der Waals surface area contributed by atoms with Crippen molar-refractivity contribution in [2.24, 2.45) is 0 Å². The third-order valence-corrected chi connectivity index (χ3v) is 4.41. The molecule has 0 aliphatic rings. The molecule has 0 amide bonds. The summed E-state index contributed by atoms with van der Waals surface area (Å²) in [7, 11) is 2.02. The van der Waals surface area contributed by atoms with Gasteiger partial charge in [0.25, 0.3) is 0 Å². The second-order valence-electron chi connectivity index (χ2n) is 5.78. The molecule has 2 rings (SSSR count). The van der Waals surface area contributed by atoms with E-state index in [9.17, 15) is 0 Å². The lowest BCUT2D eigenvalue weighted by Gasteiger charge is -2.20. The lowest BCUT2D eigenvalue weighted by atomic mass is 10.0. The van der Waals surface area contributed by atoms with Gasteiger partial charge in [-0.1, -0.05) is 29.8 Å². The van der Waals surface area contributed by atoms with Crippen molar-refractivity contribution < 1.29 is 0 Å². The van der Waals surface area contributed by atoms with E-state index in [-0.39, 0.29) is 0 Å². The topological polar surface area (TPSA) is 29.9 Å². The first kappa shape index (κ1) is 16.2. The Bertz CT molecular complexity index is 572. The van der Waals surface area contributed by atoms with Crippen LogP contribution >= 0.6 is 15.9 Å². The van der Waals surface area contributed by atoms with Crippen molar-refractivity contribution in [3.8, 4) is 0 Å². The Morgan fingerprint density at radius 2 is 1.90 bits per heavy atom. The average molecular weight is 350 g/mol. The lowest BCUT2D eigenvalue weighted by Crippen LogP contribution is -2.22. The Hall–Kier alpha value is -1.13. The minimum Gasteiger partial charge on any atom is -0.312 e. The first-order chi connectivity index (χ1) is 10.0. The standard InChI is InChI=1S/C17H24BrN3/c1-12(2)21-17(15(18)11-20-21)16(19-4)10-9-14-7-5-13(3)6-8-14/h5-8,11-12,16,19H,9-10H2,1-4H3. The number of nitrogens with zero attached hydrogens (tertiary/aromatic N) is 2. The van der Waals surface area contributed by atoms with Crippen LogP contribution in [0, 0.1) is 6.92 Å². The number of aryl methyl sites for hydroxylation is 2. The highest BCUT2D eigenvalue weighted by atomic mass is 79.9. The van der Waals surface area contributed by atoms with Gasteiger partial charge in [0.15, 0.2) is 0 Å². The number of hydrogen-bond donors (Lipinski definition) is 1. The molecule has 3 nitrogen and oxygen atoms in total. The normalized spacial score (nSPS) is 12.9. The highest BCUT2D eigenvalue weighted by Crippen LogP contribution is 2.28. The summed E-state index contributed by atoms with van der Waals surface area (Å²) in [6.07, 6.45) is 4.00. The van der Waals surface area contributed by atoms with Crippen LogP contribution in [0.15, 0.2) is 34.9 Å². The number of benzene rings is 1. The largest absolute Gasteiger partial charge is 0.312 e. The van der Waals surface area contributed by atoms with Crippen LogP contribution in [0.5, 0.6) is 0 Å². The van der Waals surface area contributed by atoms with Crippen LogP contribution in [0.4, 0.5) is 0 Å². The van der Waals surface area contributed by atoms with E-state index in [2.05, 4.69) is 76.1 Å². The van der Waals surface area contributed by atoms with Crippen LogP contribution in [-0.4, -0.2) is 16.8 Å². The number of halogens is 1. The van der Waals surface area contributed by atoms with Gasteiger partial charge in [0.1, 0.15) is 0 Å². The molecule has 4 heteroatoms. The molecule has 114 valence electrons. The van der Waals surface area contributed by atoms with Crippen LogP contribution in [0.1, 0.15) is 49.2 Å². The molecule has 1 aromatic carbocycles. The van der Waals surface area contributed by atoms with Crippen molar-refractivity contribution in [3.63, 3.8) is 0 Å². The summed E-state index contributed by atoms with van der Waals surface area (Å²) in [6, 6.07) is 9.45. The van der Waals surface area contributed by atoms with Crippen LogP contribution in [0.2, 0.25) is 0 Å². The molecular formula is C17H24BrN3. The Balaban J connectivity index is 2.13. The predicted molar refractivity (Wildman–Crippen MR) is 91.6 cm³/mol. The Morgan fingerprint density at radius 3 is 2.48 bits per heavy atom. The third-order valence-electron chi connectivity index (χ3n) is 3.80. The van der Waals surface area contributed by atoms with E-state index in [0.29, 0.717) is 12.1 Å². The van der Waals surface area contributed by atoms with E-state index in [1.165, 1.54) is 16.8 Å². The van der Waals surface area contributed by atoms with E-state index in [0.717, 1.165) is 17.3 Å². The molecule has 1 N–H and O–H groups in total. The van der Waals surface area contributed by atoms with Gasteiger partial charge < -0.3 is 5.32 Å². The maximum atomic E-state index is 4.48. The lowest BCUT2D eigenvalue weighted by molar-refractivity contribution is 0.445. The number of hydrogen-bond acceptors (Lipinski definition) is 2. The fourth-order valence-electron chi connectivity index (χ4n) is 2.57. The zero-order valence-electron chi connectivity index (χ0n) is 13.2.